The fourth-order valence-corrected chi connectivity index (χ4v) is 3.29. The van der Waals surface area contributed by atoms with E-state index in [-0.39, 0.29) is 5.91 Å². The van der Waals surface area contributed by atoms with Crippen molar-refractivity contribution in [2.45, 2.75) is 13.0 Å². The second kappa shape index (κ2) is 8.05. The highest BCUT2D eigenvalue weighted by Crippen LogP contribution is 2.26. The second-order valence-corrected chi connectivity index (χ2v) is 6.70. The molecule has 5 nitrogen and oxygen atoms in total. The van der Waals surface area contributed by atoms with Crippen LogP contribution in [0.2, 0.25) is 0 Å². The zero-order valence-electron chi connectivity index (χ0n) is 15.7. The van der Waals surface area contributed by atoms with Crippen LogP contribution in [-0.4, -0.2) is 17.0 Å². The first-order valence-electron chi connectivity index (χ1n) is 9.27. The van der Waals surface area contributed by atoms with Crippen molar-refractivity contribution < 1.29 is 13.9 Å². The third-order valence-corrected chi connectivity index (χ3v) is 4.72. The number of nitrogens with zero attached hydrogens (tertiary/aromatic N) is 1. The molecular formula is C23H22N2O3. The molecule has 4 aromatic rings. The summed E-state index contributed by atoms with van der Waals surface area (Å²) in [6, 6.07) is 19.6. The topological polar surface area (TPSA) is 56.4 Å². The third-order valence-electron chi connectivity index (χ3n) is 4.72. The van der Waals surface area contributed by atoms with Crippen LogP contribution in [-0.2, 0) is 20.1 Å². The normalized spacial score (nSPS) is 10.9. The van der Waals surface area contributed by atoms with Gasteiger partial charge in [-0.05, 0) is 47.9 Å². The van der Waals surface area contributed by atoms with Gasteiger partial charge in [0, 0.05) is 30.7 Å². The molecule has 0 saturated heterocycles. The van der Waals surface area contributed by atoms with Gasteiger partial charge >= 0.3 is 0 Å². The van der Waals surface area contributed by atoms with Crippen LogP contribution in [0.1, 0.15) is 21.7 Å². The Morgan fingerprint density at radius 2 is 1.96 bits per heavy atom. The molecule has 2 aromatic carbocycles. The number of carbonyl (C=O) groups excluding carboxylic acids is 1. The van der Waals surface area contributed by atoms with Gasteiger partial charge in [-0.3, -0.25) is 4.79 Å². The molecule has 2 heterocycles. The van der Waals surface area contributed by atoms with Crippen molar-refractivity contribution >= 4 is 16.8 Å². The molecule has 0 spiro atoms. The molecule has 0 bridgehead atoms. The lowest BCUT2D eigenvalue weighted by Crippen LogP contribution is -2.25. The van der Waals surface area contributed by atoms with Gasteiger partial charge in [-0.1, -0.05) is 30.3 Å². The SMILES string of the molecule is Cn1cc(CCNC(=O)c2ccco2)c2cc(OCc3ccccc3)ccc21. The van der Waals surface area contributed by atoms with Crippen LogP contribution in [0.25, 0.3) is 10.9 Å². The monoisotopic (exact) mass is 374 g/mol. The number of nitrogens with one attached hydrogen (secondary N) is 1. The van der Waals surface area contributed by atoms with Crippen LogP contribution in [0.4, 0.5) is 0 Å². The number of hydrogen-bond acceptors (Lipinski definition) is 3. The molecule has 5 heteroatoms. The van der Waals surface area contributed by atoms with Crippen molar-refractivity contribution in [1.29, 1.82) is 0 Å². The van der Waals surface area contributed by atoms with E-state index in [1.807, 2.05) is 43.4 Å². The van der Waals surface area contributed by atoms with Gasteiger partial charge in [0.05, 0.1) is 6.26 Å². The van der Waals surface area contributed by atoms with Crippen molar-refractivity contribution in [2.24, 2.45) is 7.05 Å². The summed E-state index contributed by atoms with van der Waals surface area (Å²) in [6.07, 6.45) is 4.33. The molecular weight excluding hydrogens is 352 g/mol. The number of benzene rings is 2. The first-order chi connectivity index (χ1) is 13.7. The van der Waals surface area contributed by atoms with Gasteiger partial charge < -0.3 is 19.0 Å². The van der Waals surface area contributed by atoms with Crippen molar-refractivity contribution in [3.8, 4) is 5.75 Å². The van der Waals surface area contributed by atoms with Crippen LogP contribution in [0, 0.1) is 0 Å². The van der Waals surface area contributed by atoms with Crippen LogP contribution in [0.5, 0.6) is 5.75 Å². The van der Waals surface area contributed by atoms with Gasteiger partial charge in [-0.25, -0.2) is 0 Å². The number of aromatic nitrogens is 1. The van der Waals surface area contributed by atoms with E-state index >= 15 is 0 Å². The maximum absolute atomic E-state index is 12.0. The highest BCUT2D eigenvalue weighted by molar-refractivity contribution is 5.91. The smallest absolute Gasteiger partial charge is 0.286 e. The molecule has 1 amide bonds. The molecule has 0 aliphatic carbocycles. The highest BCUT2D eigenvalue weighted by atomic mass is 16.5. The summed E-state index contributed by atoms with van der Waals surface area (Å²) >= 11 is 0. The quantitative estimate of drug-likeness (QED) is 0.524. The van der Waals surface area contributed by atoms with Gasteiger partial charge in [0.2, 0.25) is 0 Å². The van der Waals surface area contributed by atoms with Crippen molar-refractivity contribution in [2.75, 3.05) is 6.54 Å². The summed E-state index contributed by atoms with van der Waals surface area (Å²) in [6.45, 7) is 1.07. The van der Waals surface area contributed by atoms with E-state index in [1.165, 1.54) is 11.8 Å². The van der Waals surface area contributed by atoms with E-state index in [9.17, 15) is 4.79 Å². The van der Waals surface area contributed by atoms with Crippen molar-refractivity contribution in [3.63, 3.8) is 0 Å². The minimum atomic E-state index is -0.197. The molecule has 0 aliphatic heterocycles. The Kier molecular flexibility index (Phi) is 5.15. The number of carbonyl (C=O) groups is 1. The molecule has 28 heavy (non-hydrogen) atoms. The van der Waals surface area contributed by atoms with E-state index in [0.717, 1.165) is 28.6 Å². The summed E-state index contributed by atoms with van der Waals surface area (Å²) in [5.41, 5.74) is 3.44. The van der Waals surface area contributed by atoms with Crippen molar-refractivity contribution in [1.82, 2.24) is 9.88 Å². The van der Waals surface area contributed by atoms with Crippen LogP contribution in [0.15, 0.2) is 77.5 Å². The Bertz CT molecular complexity index is 1070. The Morgan fingerprint density at radius 3 is 2.75 bits per heavy atom. The van der Waals surface area contributed by atoms with Gasteiger partial charge in [-0.15, -0.1) is 0 Å². The van der Waals surface area contributed by atoms with Gasteiger partial charge in [0.15, 0.2) is 5.76 Å². The average molecular weight is 374 g/mol. The average Bonchev–Trinajstić information content (AvgIpc) is 3.36. The van der Waals surface area contributed by atoms with Crippen LogP contribution in [0.3, 0.4) is 0 Å². The molecule has 4 rings (SSSR count). The molecule has 0 atom stereocenters. The minimum Gasteiger partial charge on any atom is -0.489 e. The molecule has 0 aliphatic rings. The largest absolute Gasteiger partial charge is 0.489 e. The Balaban J connectivity index is 1.44. The third kappa shape index (κ3) is 3.93. The van der Waals surface area contributed by atoms with Gasteiger partial charge in [-0.2, -0.15) is 0 Å². The maximum Gasteiger partial charge on any atom is 0.286 e. The molecule has 1 N–H and O–H groups in total. The number of fused-ring (bicyclic) bond motifs is 1. The lowest BCUT2D eigenvalue weighted by atomic mass is 10.1. The zero-order valence-corrected chi connectivity index (χ0v) is 15.7. The molecule has 142 valence electrons. The summed E-state index contributed by atoms with van der Waals surface area (Å²) in [7, 11) is 2.03. The summed E-state index contributed by atoms with van der Waals surface area (Å²) < 4.78 is 13.2. The van der Waals surface area contributed by atoms with Gasteiger partial charge in [0.25, 0.3) is 5.91 Å². The molecule has 0 fully saturated rings. The number of furan rings is 1. The second-order valence-electron chi connectivity index (χ2n) is 6.70. The fraction of sp³-hybridized carbons (Fsp3) is 0.174. The van der Waals surface area contributed by atoms with E-state index in [0.29, 0.717) is 18.9 Å². The standard InChI is InChI=1S/C23H22N2O3/c1-25-15-18(11-12-24-23(26)22-8-5-13-27-22)20-14-19(9-10-21(20)25)28-16-17-6-3-2-4-7-17/h2-10,13-15H,11-12,16H2,1H3,(H,24,26). The lowest BCUT2D eigenvalue weighted by Gasteiger charge is -2.07. The molecule has 2 aromatic heterocycles. The first kappa shape index (κ1) is 17.9. The highest BCUT2D eigenvalue weighted by Gasteiger charge is 2.11. The van der Waals surface area contributed by atoms with Gasteiger partial charge in [0.1, 0.15) is 12.4 Å². The summed E-state index contributed by atoms with van der Waals surface area (Å²) in [5, 5.41) is 4.03. The van der Waals surface area contributed by atoms with Crippen molar-refractivity contribution in [3.05, 3.63) is 90.0 Å². The molecule has 0 unspecified atom stereocenters. The molecule has 0 radical (unpaired) electrons. The number of amides is 1. The van der Waals surface area contributed by atoms with Crippen LogP contribution < -0.4 is 10.1 Å². The predicted molar refractivity (Wildman–Crippen MR) is 108 cm³/mol. The first-order valence-corrected chi connectivity index (χ1v) is 9.27. The number of aryl methyl sites for hydroxylation is 1. The van der Waals surface area contributed by atoms with E-state index in [4.69, 9.17) is 9.15 Å². The Morgan fingerprint density at radius 1 is 1.11 bits per heavy atom. The maximum atomic E-state index is 12.0. The van der Waals surface area contributed by atoms with E-state index < -0.39 is 0 Å². The Hall–Kier alpha value is -3.47. The minimum absolute atomic E-state index is 0.197. The lowest BCUT2D eigenvalue weighted by molar-refractivity contribution is 0.0926. The zero-order chi connectivity index (χ0) is 19.3. The number of rotatable bonds is 7. The number of hydrogen-bond donors (Lipinski definition) is 1. The van der Waals surface area contributed by atoms with E-state index in [2.05, 4.69) is 28.2 Å². The van der Waals surface area contributed by atoms with E-state index in [1.54, 1.807) is 12.1 Å². The summed E-state index contributed by atoms with van der Waals surface area (Å²) in [5.74, 6) is 0.968. The molecule has 0 saturated carbocycles. The predicted octanol–water partition coefficient (Wildman–Crippen LogP) is 4.32. The summed E-state index contributed by atoms with van der Waals surface area (Å²) in [4.78, 5) is 12.0. The Labute approximate surface area is 163 Å². The fourth-order valence-electron chi connectivity index (χ4n) is 3.29. The number of ether oxygens (including phenoxy) is 1. The van der Waals surface area contributed by atoms with Crippen LogP contribution >= 0.6 is 0 Å².